The first kappa shape index (κ1) is 17.3. The summed E-state index contributed by atoms with van der Waals surface area (Å²) >= 11 is 0. The Hall–Kier alpha value is -3.13. The van der Waals surface area contributed by atoms with Gasteiger partial charge in [0.1, 0.15) is 11.3 Å². The molecule has 0 spiro atoms. The zero-order valence-corrected chi connectivity index (χ0v) is 14.9. The fourth-order valence-corrected chi connectivity index (χ4v) is 3.09. The van der Waals surface area contributed by atoms with Gasteiger partial charge in [-0.1, -0.05) is 0 Å². The Morgan fingerprint density at radius 2 is 1.81 bits per heavy atom. The van der Waals surface area contributed by atoms with Crippen LogP contribution in [0.3, 0.4) is 0 Å². The van der Waals surface area contributed by atoms with Gasteiger partial charge in [-0.15, -0.1) is 0 Å². The molecule has 27 heavy (non-hydrogen) atoms. The third-order valence-corrected chi connectivity index (χ3v) is 4.37. The molecule has 0 bridgehead atoms. The summed E-state index contributed by atoms with van der Waals surface area (Å²) in [4.78, 5) is 27.3. The van der Waals surface area contributed by atoms with Crippen molar-refractivity contribution in [2.24, 2.45) is 0 Å². The van der Waals surface area contributed by atoms with Crippen LogP contribution < -0.4 is 15.5 Å². The molecule has 0 atom stereocenters. The maximum absolute atomic E-state index is 13.2. The van der Waals surface area contributed by atoms with Crippen molar-refractivity contribution in [3.05, 3.63) is 42.2 Å². The highest BCUT2D eigenvalue weighted by molar-refractivity contribution is 5.92. The third kappa shape index (κ3) is 3.70. The summed E-state index contributed by atoms with van der Waals surface area (Å²) in [7, 11) is 0. The van der Waals surface area contributed by atoms with Crippen molar-refractivity contribution in [1.82, 2.24) is 20.3 Å². The van der Waals surface area contributed by atoms with E-state index in [1.807, 2.05) is 12.1 Å². The Labute approximate surface area is 155 Å². The first-order valence-corrected chi connectivity index (χ1v) is 8.78. The van der Waals surface area contributed by atoms with Crippen LogP contribution in [0.1, 0.15) is 6.92 Å². The van der Waals surface area contributed by atoms with Crippen LogP contribution in [0.25, 0.3) is 22.3 Å². The average molecular weight is 366 g/mol. The number of halogens is 1. The minimum Gasteiger partial charge on any atom is -0.352 e. The topological polar surface area (TPSA) is 83.0 Å². The second kappa shape index (κ2) is 7.24. The van der Waals surface area contributed by atoms with E-state index >= 15 is 0 Å². The van der Waals surface area contributed by atoms with E-state index in [-0.39, 0.29) is 17.7 Å². The summed E-state index contributed by atoms with van der Waals surface area (Å²) in [6.45, 7) is 4.69. The number of carbonyl (C=O) groups is 1. The van der Waals surface area contributed by atoms with Crippen LogP contribution in [0, 0.1) is 5.82 Å². The molecule has 1 amide bonds. The molecule has 0 unspecified atom stereocenters. The first-order chi connectivity index (χ1) is 13.1. The highest BCUT2D eigenvalue weighted by Crippen LogP contribution is 2.27. The van der Waals surface area contributed by atoms with Gasteiger partial charge in [0.15, 0.2) is 5.82 Å². The number of fused-ring (bicyclic) bond motifs is 1. The number of hydrogen-bond acceptors (Lipinski definition) is 6. The molecule has 2 aromatic heterocycles. The monoisotopic (exact) mass is 366 g/mol. The van der Waals surface area contributed by atoms with Crippen LogP contribution in [0.15, 0.2) is 36.4 Å². The Balaban J connectivity index is 1.84. The standard InChI is InChI=1S/C19H19FN6O/c1-12(27)22-19-24-16-7-6-15(13-2-4-14(20)5-3-13)23-17(16)18(25-19)26-10-8-21-9-11-26/h2-7,21H,8-11H2,1H3,(H,22,24,25,27). The van der Waals surface area contributed by atoms with E-state index in [0.29, 0.717) is 16.9 Å². The van der Waals surface area contributed by atoms with Gasteiger partial charge in [-0.05, 0) is 36.4 Å². The molecule has 2 N–H and O–H groups in total. The predicted molar refractivity (Wildman–Crippen MR) is 102 cm³/mol. The SMILES string of the molecule is CC(=O)Nc1nc(N2CCNCC2)c2nc(-c3ccc(F)cc3)ccc2n1. The van der Waals surface area contributed by atoms with Gasteiger partial charge in [-0.2, -0.15) is 4.98 Å². The number of benzene rings is 1. The van der Waals surface area contributed by atoms with Crippen LogP contribution in [0.4, 0.5) is 16.2 Å². The fraction of sp³-hybridized carbons (Fsp3) is 0.263. The minimum absolute atomic E-state index is 0.225. The van der Waals surface area contributed by atoms with Gasteiger partial charge in [-0.25, -0.2) is 14.4 Å². The molecule has 1 aromatic carbocycles. The maximum Gasteiger partial charge on any atom is 0.232 e. The van der Waals surface area contributed by atoms with Crippen molar-refractivity contribution in [3.8, 4) is 11.3 Å². The lowest BCUT2D eigenvalue weighted by Crippen LogP contribution is -2.44. The summed E-state index contributed by atoms with van der Waals surface area (Å²) in [6.07, 6.45) is 0. The van der Waals surface area contributed by atoms with Crippen LogP contribution in [-0.4, -0.2) is 47.0 Å². The molecule has 3 heterocycles. The number of rotatable bonds is 3. The number of piperazine rings is 1. The Kier molecular flexibility index (Phi) is 4.64. The molecule has 138 valence electrons. The Morgan fingerprint density at radius 1 is 1.07 bits per heavy atom. The summed E-state index contributed by atoms with van der Waals surface area (Å²) in [5, 5.41) is 5.97. The van der Waals surface area contributed by atoms with Crippen LogP contribution in [-0.2, 0) is 4.79 Å². The molecule has 3 aromatic rings. The second-order valence-electron chi connectivity index (χ2n) is 6.36. The molecule has 1 aliphatic heterocycles. The van der Waals surface area contributed by atoms with Crippen LogP contribution in [0.2, 0.25) is 0 Å². The third-order valence-electron chi connectivity index (χ3n) is 4.37. The van der Waals surface area contributed by atoms with Crippen molar-refractivity contribution in [1.29, 1.82) is 0 Å². The number of anilines is 2. The molecule has 0 radical (unpaired) electrons. The lowest BCUT2D eigenvalue weighted by molar-refractivity contribution is -0.114. The lowest BCUT2D eigenvalue weighted by Gasteiger charge is -2.29. The normalized spacial score (nSPS) is 14.4. The molecular formula is C19H19FN6O. The highest BCUT2D eigenvalue weighted by atomic mass is 19.1. The Bertz CT molecular complexity index is 985. The highest BCUT2D eigenvalue weighted by Gasteiger charge is 2.19. The number of nitrogens with one attached hydrogen (secondary N) is 2. The quantitative estimate of drug-likeness (QED) is 0.739. The van der Waals surface area contributed by atoms with Crippen LogP contribution in [0.5, 0.6) is 0 Å². The number of hydrogen-bond donors (Lipinski definition) is 2. The van der Waals surface area contributed by atoms with E-state index in [1.165, 1.54) is 19.1 Å². The van der Waals surface area contributed by atoms with Gasteiger partial charge in [0.05, 0.1) is 11.2 Å². The summed E-state index contributed by atoms with van der Waals surface area (Å²) < 4.78 is 13.2. The average Bonchev–Trinajstić information content (AvgIpc) is 2.68. The van der Waals surface area contributed by atoms with Crippen molar-refractivity contribution in [3.63, 3.8) is 0 Å². The minimum atomic E-state index is -0.288. The largest absolute Gasteiger partial charge is 0.352 e. The molecule has 0 aliphatic carbocycles. The number of nitrogens with zero attached hydrogens (tertiary/aromatic N) is 4. The van der Waals surface area contributed by atoms with E-state index in [0.717, 1.165) is 37.4 Å². The second-order valence-corrected chi connectivity index (χ2v) is 6.36. The molecule has 1 aliphatic rings. The zero-order chi connectivity index (χ0) is 18.8. The molecule has 8 heteroatoms. The number of pyridine rings is 1. The van der Waals surface area contributed by atoms with E-state index in [4.69, 9.17) is 4.98 Å². The van der Waals surface area contributed by atoms with Crippen molar-refractivity contribution in [2.45, 2.75) is 6.92 Å². The van der Waals surface area contributed by atoms with Gasteiger partial charge in [0.2, 0.25) is 11.9 Å². The molecule has 1 saturated heterocycles. The molecular weight excluding hydrogens is 347 g/mol. The summed E-state index contributed by atoms with van der Waals surface area (Å²) in [5.74, 6) is 0.440. The number of carbonyl (C=O) groups excluding carboxylic acids is 1. The van der Waals surface area contributed by atoms with E-state index in [9.17, 15) is 9.18 Å². The van der Waals surface area contributed by atoms with E-state index < -0.39 is 0 Å². The zero-order valence-electron chi connectivity index (χ0n) is 14.9. The number of aromatic nitrogens is 3. The van der Waals surface area contributed by atoms with Crippen molar-refractivity contribution < 1.29 is 9.18 Å². The summed E-state index contributed by atoms with van der Waals surface area (Å²) in [6, 6.07) is 9.89. The number of amides is 1. The van der Waals surface area contributed by atoms with Gasteiger partial charge in [0.25, 0.3) is 0 Å². The smallest absolute Gasteiger partial charge is 0.232 e. The van der Waals surface area contributed by atoms with Gasteiger partial charge in [-0.3, -0.25) is 10.1 Å². The van der Waals surface area contributed by atoms with E-state index in [2.05, 4.69) is 25.5 Å². The summed E-state index contributed by atoms with van der Waals surface area (Å²) in [5.41, 5.74) is 2.84. The fourth-order valence-electron chi connectivity index (χ4n) is 3.09. The van der Waals surface area contributed by atoms with Gasteiger partial charge >= 0.3 is 0 Å². The first-order valence-electron chi connectivity index (χ1n) is 8.78. The molecule has 7 nitrogen and oxygen atoms in total. The predicted octanol–water partition coefficient (Wildman–Crippen LogP) is 2.20. The van der Waals surface area contributed by atoms with Crippen molar-refractivity contribution >= 4 is 28.7 Å². The van der Waals surface area contributed by atoms with Crippen molar-refractivity contribution in [2.75, 3.05) is 36.4 Å². The van der Waals surface area contributed by atoms with E-state index in [1.54, 1.807) is 12.1 Å². The maximum atomic E-state index is 13.2. The van der Waals surface area contributed by atoms with Gasteiger partial charge in [0, 0.05) is 38.7 Å². The van der Waals surface area contributed by atoms with Crippen LogP contribution >= 0.6 is 0 Å². The van der Waals surface area contributed by atoms with Gasteiger partial charge < -0.3 is 10.2 Å². The molecule has 4 rings (SSSR count). The molecule has 1 fully saturated rings. The Morgan fingerprint density at radius 3 is 2.52 bits per heavy atom. The lowest BCUT2D eigenvalue weighted by atomic mass is 10.1. The molecule has 0 saturated carbocycles.